The summed E-state index contributed by atoms with van der Waals surface area (Å²) >= 11 is 1.81. The molecule has 0 amide bonds. The second kappa shape index (κ2) is 10.9. The predicted molar refractivity (Wildman–Crippen MR) is 177 cm³/mol. The molecular formula is C35H43N5O2S. The van der Waals surface area contributed by atoms with Gasteiger partial charge in [0.05, 0.1) is 22.3 Å². The smallest absolute Gasteiger partial charge is 0.307 e. The Labute approximate surface area is 259 Å². The predicted octanol–water partition coefficient (Wildman–Crippen LogP) is 7.48. The van der Waals surface area contributed by atoms with Gasteiger partial charge in [-0.05, 0) is 66.7 Å². The van der Waals surface area contributed by atoms with Crippen LogP contribution in [-0.2, 0) is 29.6 Å². The molecule has 7 nitrogen and oxygen atoms in total. The summed E-state index contributed by atoms with van der Waals surface area (Å²) in [6.07, 6.45) is 4.75. The first-order valence-corrected chi connectivity index (χ1v) is 16.2. The molecule has 43 heavy (non-hydrogen) atoms. The Morgan fingerprint density at radius 2 is 1.74 bits per heavy atom. The van der Waals surface area contributed by atoms with E-state index >= 15 is 0 Å². The summed E-state index contributed by atoms with van der Waals surface area (Å²) in [5, 5.41) is 9.85. The number of carboxylic acid groups (broad SMARTS) is 1. The summed E-state index contributed by atoms with van der Waals surface area (Å²) in [6.45, 7) is 18.9. The van der Waals surface area contributed by atoms with E-state index in [0.717, 1.165) is 95.2 Å². The number of thiophene rings is 1. The number of pyridine rings is 1. The van der Waals surface area contributed by atoms with Gasteiger partial charge in [0.1, 0.15) is 12.1 Å². The van der Waals surface area contributed by atoms with Crippen LogP contribution in [0.25, 0.3) is 21.3 Å². The Balaban J connectivity index is 1.37. The number of benzene rings is 1. The lowest BCUT2D eigenvalue weighted by Gasteiger charge is -2.40. The number of fused-ring (bicyclic) bond motifs is 2. The number of carbonyl (C=O) groups is 1. The molecule has 1 fully saturated rings. The first kappa shape index (κ1) is 29.5. The third-order valence-corrected chi connectivity index (χ3v) is 10.8. The quantitative estimate of drug-likeness (QED) is 0.255. The van der Waals surface area contributed by atoms with Crippen molar-refractivity contribution in [3.8, 4) is 11.1 Å². The summed E-state index contributed by atoms with van der Waals surface area (Å²) in [5.74, 6) is 0.204. The van der Waals surface area contributed by atoms with Gasteiger partial charge in [-0.15, -0.1) is 11.3 Å². The summed E-state index contributed by atoms with van der Waals surface area (Å²) < 4.78 is 1.16. The van der Waals surface area contributed by atoms with E-state index in [4.69, 9.17) is 9.97 Å². The minimum Gasteiger partial charge on any atom is -0.481 e. The van der Waals surface area contributed by atoms with Crippen LogP contribution in [0.5, 0.6) is 0 Å². The fraction of sp³-hybridized carbons (Fsp3) is 0.486. The lowest BCUT2D eigenvalue weighted by atomic mass is 9.82. The van der Waals surface area contributed by atoms with Crippen molar-refractivity contribution in [2.24, 2.45) is 5.41 Å². The fourth-order valence-corrected chi connectivity index (χ4v) is 7.77. The van der Waals surface area contributed by atoms with Crippen LogP contribution >= 0.6 is 11.3 Å². The van der Waals surface area contributed by atoms with Gasteiger partial charge in [-0.1, -0.05) is 52.8 Å². The zero-order valence-corrected chi connectivity index (χ0v) is 27.4. The highest BCUT2D eigenvalue weighted by molar-refractivity contribution is 7.19. The number of hydrogen-bond acceptors (Lipinski definition) is 7. The maximum atomic E-state index is 12.0. The van der Waals surface area contributed by atoms with Gasteiger partial charge >= 0.3 is 5.97 Å². The van der Waals surface area contributed by atoms with Crippen LogP contribution in [0.3, 0.4) is 0 Å². The number of hydrogen-bond donors (Lipinski definition) is 1. The average molecular weight is 598 g/mol. The van der Waals surface area contributed by atoms with Gasteiger partial charge in [-0.25, -0.2) is 9.97 Å². The largest absolute Gasteiger partial charge is 0.481 e. The molecule has 0 unspecified atom stereocenters. The number of piperidine rings is 1. The van der Waals surface area contributed by atoms with Gasteiger partial charge in [-0.2, -0.15) is 0 Å². The van der Waals surface area contributed by atoms with E-state index in [1.165, 1.54) is 16.0 Å². The minimum absolute atomic E-state index is 0.0196. The Morgan fingerprint density at radius 3 is 2.44 bits per heavy atom. The van der Waals surface area contributed by atoms with E-state index < -0.39 is 5.97 Å². The van der Waals surface area contributed by atoms with Crippen molar-refractivity contribution in [2.75, 3.05) is 29.4 Å². The van der Waals surface area contributed by atoms with Gasteiger partial charge in [0, 0.05) is 53.6 Å². The molecule has 0 bridgehead atoms. The van der Waals surface area contributed by atoms with E-state index in [0.29, 0.717) is 5.41 Å². The van der Waals surface area contributed by atoms with Gasteiger partial charge in [-0.3, -0.25) is 9.78 Å². The SMILES string of the molecule is Cc1nc(C)c(-c2ccc3c(c2)CCN(c2ncnc4cc(C(C)(C)C)sc24)C3)c(N2CCC(C)(C)CC2)c1CC(=O)O. The molecule has 6 rings (SSSR count). The Hall–Kier alpha value is -3.52. The molecule has 1 saturated heterocycles. The summed E-state index contributed by atoms with van der Waals surface area (Å²) in [6, 6.07) is 9.00. The van der Waals surface area contributed by atoms with Crippen LogP contribution in [0.1, 0.15) is 80.4 Å². The molecule has 0 aliphatic carbocycles. The number of nitrogens with zero attached hydrogens (tertiary/aromatic N) is 5. The molecule has 0 radical (unpaired) electrons. The van der Waals surface area contributed by atoms with Crippen molar-refractivity contribution >= 4 is 39.0 Å². The van der Waals surface area contributed by atoms with Crippen molar-refractivity contribution in [3.05, 3.63) is 63.5 Å². The van der Waals surface area contributed by atoms with Gasteiger partial charge in [0.25, 0.3) is 0 Å². The van der Waals surface area contributed by atoms with Crippen LogP contribution < -0.4 is 9.80 Å². The van der Waals surface area contributed by atoms with Crippen LogP contribution in [0.4, 0.5) is 11.5 Å². The molecule has 0 saturated carbocycles. The summed E-state index contributed by atoms with van der Waals surface area (Å²) in [4.78, 5) is 32.4. The van der Waals surface area contributed by atoms with Crippen LogP contribution in [-0.4, -0.2) is 45.7 Å². The zero-order valence-electron chi connectivity index (χ0n) is 26.5. The van der Waals surface area contributed by atoms with Crippen LogP contribution in [0.15, 0.2) is 30.6 Å². The molecule has 1 aromatic carbocycles. The monoisotopic (exact) mass is 597 g/mol. The summed E-state index contributed by atoms with van der Waals surface area (Å²) in [7, 11) is 0. The second-order valence-electron chi connectivity index (χ2n) is 14.1. The number of carboxylic acids is 1. The first-order chi connectivity index (χ1) is 20.3. The Kier molecular flexibility index (Phi) is 7.48. The number of rotatable bonds is 5. The first-order valence-electron chi connectivity index (χ1n) is 15.4. The van der Waals surface area contributed by atoms with Crippen LogP contribution in [0.2, 0.25) is 0 Å². The molecule has 5 heterocycles. The Bertz CT molecular complexity index is 1710. The lowest BCUT2D eigenvalue weighted by molar-refractivity contribution is -0.136. The normalized spacial score (nSPS) is 16.9. The third kappa shape index (κ3) is 5.74. The van der Waals surface area contributed by atoms with E-state index in [1.54, 1.807) is 6.33 Å². The number of aryl methyl sites for hydroxylation is 2. The highest BCUT2D eigenvalue weighted by Crippen LogP contribution is 2.43. The molecule has 1 N–H and O–H groups in total. The van der Waals surface area contributed by atoms with Gasteiger partial charge in [0.2, 0.25) is 0 Å². The van der Waals surface area contributed by atoms with E-state index in [1.807, 2.05) is 18.3 Å². The highest BCUT2D eigenvalue weighted by Gasteiger charge is 2.31. The second-order valence-corrected chi connectivity index (χ2v) is 15.2. The van der Waals surface area contributed by atoms with Crippen molar-refractivity contribution in [1.29, 1.82) is 0 Å². The number of aliphatic carboxylic acids is 1. The van der Waals surface area contributed by atoms with E-state index in [9.17, 15) is 9.90 Å². The maximum absolute atomic E-state index is 12.0. The molecule has 2 aliphatic rings. The summed E-state index contributed by atoms with van der Waals surface area (Å²) in [5.41, 5.74) is 9.93. The van der Waals surface area contributed by atoms with Gasteiger partial charge in [0.15, 0.2) is 0 Å². The minimum atomic E-state index is -0.817. The average Bonchev–Trinajstić information content (AvgIpc) is 3.39. The highest BCUT2D eigenvalue weighted by atomic mass is 32.1. The number of aromatic nitrogens is 3. The van der Waals surface area contributed by atoms with Gasteiger partial charge < -0.3 is 14.9 Å². The fourth-order valence-electron chi connectivity index (χ4n) is 6.59. The molecule has 0 atom stereocenters. The lowest BCUT2D eigenvalue weighted by Crippen LogP contribution is -2.38. The molecule has 0 spiro atoms. The number of anilines is 2. The molecule has 226 valence electrons. The molecule has 2 aliphatic heterocycles. The third-order valence-electron chi connectivity index (χ3n) is 9.26. The maximum Gasteiger partial charge on any atom is 0.307 e. The van der Waals surface area contributed by atoms with Crippen LogP contribution in [0, 0.1) is 19.3 Å². The zero-order chi connectivity index (χ0) is 30.7. The topological polar surface area (TPSA) is 82.5 Å². The van der Waals surface area contributed by atoms with Crippen molar-refractivity contribution in [3.63, 3.8) is 0 Å². The molecule has 8 heteroatoms. The molecule has 3 aromatic heterocycles. The molecule has 4 aromatic rings. The van der Waals surface area contributed by atoms with Crippen molar-refractivity contribution in [1.82, 2.24) is 15.0 Å². The van der Waals surface area contributed by atoms with Crippen molar-refractivity contribution < 1.29 is 9.90 Å². The molecular weight excluding hydrogens is 554 g/mol. The van der Waals surface area contributed by atoms with E-state index in [2.05, 4.69) is 80.6 Å². The standard InChI is InChI=1S/C35H43N5O2S/c1-21-26(17-29(41)42)31(39-14-11-35(6,7)12-15-39)30(22(2)38-21)24-8-9-25-19-40(13-10-23(25)16-24)33-32-27(36-20-37-33)18-28(43-32)34(3,4)5/h8-9,16,18,20H,10-15,17,19H2,1-7H3,(H,41,42). The van der Waals surface area contributed by atoms with E-state index in [-0.39, 0.29) is 11.8 Å². The Morgan fingerprint density at radius 1 is 1.00 bits per heavy atom. The van der Waals surface area contributed by atoms with Crippen molar-refractivity contribution in [2.45, 2.75) is 86.1 Å².